The summed E-state index contributed by atoms with van der Waals surface area (Å²) in [5.41, 5.74) is 19.3. The minimum atomic E-state index is 0.727. The smallest absolute Gasteiger partial charge is 0.160 e. The molecule has 0 spiro atoms. The summed E-state index contributed by atoms with van der Waals surface area (Å²) in [6.07, 6.45) is 0. The maximum Gasteiger partial charge on any atom is 0.160 e. The van der Waals surface area contributed by atoms with Crippen LogP contribution in [-0.2, 0) is 0 Å². The maximum absolute atomic E-state index is 5.09. The first-order valence-electron chi connectivity index (χ1n) is 20.6. The number of rotatable bonds is 6. The lowest BCUT2D eigenvalue weighted by atomic mass is 10.0. The van der Waals surface area contributed by atoms with Gasteiger partial charge in [0.25, 0.3) is 0 Å². The molecule has 0 atom stereocenters. The van der Waals surface area contributed by atoms with Gasteiger partial charge in [-0.3, -0.25) is 0 Å². The number of hydrogen-bond acceptors (Lipinski definition) is 2. The van der Waals surface area contributed by atoms with Crippen LogP contribution in [0.25, 0.3) is 100 Å². The quantitative estimate of drug-likeness (QED) is 0.169. The van der Waals surface area contributed by atoms with E-state index in [1.807, 2.05) is 0 Å². The zero-order valence-electron chi connectivity index (χ0n) is 34.1. The molecular formula is C56H42N4. The van der Waals surface area contributed by atoms with E-state index in [1.165, 1.54) is 65.9 Å². The van der Waals surface area contributed by atoms with Crippen LogP contribution in [0.4, 0.5) is 0 Å². The molecule has 11 aromatic rings. The molecule has 3 aromatic heterocycles. The fraction of sp³-hybridized carbons (Fsp3) is 0.0714. The third kappa shape index (κ3) is 6.08. The Balaban J connectivity index is 0.954. The number of benzene rings is 8. The molecule has 0 unspecified atom stereocenters. The molecule has 4 heteroatoms. The average molecular weight is 771 g/mol. The Morgan fingerprint density at radius 3 is 1.42 bits per heavy atom. The molecule has 4 nitrogen and oxygen atoms in total. The third-order valence-corrected chi connectivity index (χ3v) is 11.9. The van der Waals surface area contributed by atoms with Gasteiger partial charge in [0.2, 0.25) is 0 Å². The highest BCUT2D eigenvalue weighted by atomic mass is 15.0. The summed E-state index contributed by atoms with van der Waals surface area (Å²) < 4.78 is 4.82. The van der Waals surface area contributed by atoms with Gasteiger partial charge in [-0.15, -0.1) is 0 Å². The van der Waals surface area contributed by atoms with E-state index in [4.69, 9.17) is 9.97 Å². The van der Waals surface area contributed by atoms with Gasteiger partial charge in [0.1, 0.15) is 0 Å². The zero-order valence-corrected chi connectivity index (χ0v) is 34.1. The first-order valence-corrected chi connectivity index (χ1v) is 20.6. The van der Waals surface area contributed by atoms with Gasteiger partial charge < -0.3 is 9.13 Å². The van der Waals surface area contributed by atoms with Crippen LogP contribution < -0.4 is 0 Å². The van der Waals surface area contributed by atoms with E-state index in [1.54, 1.807) is 0 Å². The van der Waals surface area contributed by atoms with Crippen LogP contribution in [0.1, 0.15) is 22.3 Å². The van der Waals surface area contributed by atoms with Crippen molar-refractivity contribution in [1.29, 1.82) is 0 Å². The Labute approximate surface area is 349 Å². The average Bonchev–Trinajstić information content (AvgIpc) is 3.78. The highest BCUT2D eigenvalue weighted by molar-refractivity contribution is 6.12. The Hall–Kier alpha value is -7.56. The lowest BCUT2D eigenvalue weighted by Gasteiger charge is -2.12. The van der Waals surface area contributed by atoms with Crippen LogP contribution in [0, 0.1) is 27.7 Å². The molecule has 0 N–H and O–H groups in total. The molecule has 0 aliphatic rings. The van der Waals surface area contributed by atoms with Crippen LogP contribution >= 0.6 is 0 Å². The van der Waals surface area contributed by atoms with Gasteiger partial charge in [-0.1, -0.05) is 125 Å². The first-order chi connectivity index (χ1) is 29.3. The van der Waals surface area contributed by atoms with Crippen molar-refractivity contribution in [1.82, 2.24) is 19.1 Å². The molecule has 11 rings (SSSR count). The number of hydrogen-bond donors (Lipinski definition) is 0. The molecule has 0 saturated carbocycles. The maximum atomic E-state index is 5.09. The van der Waals surface area contributed by atoms with Crippen molar-refractivity contribution in [3.63, 3.8) is 0 Å². The van der Waals surface area contributed by atoms with Gasteiger partial charge in [0.15, 0.2) is 5.82 Å². The van der Waals surface area contributed by atoms with Gasteiger partial charge in [0, 0.05) is 49.6 Å². The molecule has 3 heterocycles. The zero-order chi connectivity index (χ0) is 40.5. The fourth-order valence-electron chi connectivity index (χ4n) is 9.00. The third-order valence-electron chi connectivity index (χ3n) is 11.9. The second-order valence-electron chi connectivity index (χ2n) is 16.3. The summed E-state index contributed by atoms with van der Waals surface area (Å²) in [5, 5.41) is 5.05. The highest BCUT2D eigenvalue weighted by Gasteiger charge is 2.17. The van der Waals surface area contributed by atoms with E-state index in [0.29, 0.717) is 0 Å². The molecule has 60 heavy (non-hydrogen) atoms. The predicted molar refractivity (Wildman–Crippen MR) is 251 cm³/mol. The number of fused-ring (bicyclic) bond motifs is 6. The van der Waals surface area contributed by atoms with Crippen molar-refractivity contribution in [3.8, 4) is 56.4 Å². The Bertz CT molecular complexity index is 3330. The molecule has 0 aliphatic heterocycles. The van der Waals surface area contributed by atoms with Crippen molar-refractivity contribution >= 4 is 43.6 Å². The second kappa shape index (κ2) is 14.1. The van der Waals surface area contributed by atoms with E-state index in [2.05, 4.69) is 219 Å². The first kappa shape index (κ1) is 35.6. The minimum Gasteiger partial charge on any atom is -0.309 e. The van der Waals surface area contributed by atoms with E-state index in [9.17, 15) is 0 Å². The van der Waals surface area contributed by atoms with Gasteiger partial charge >= 0.3 is 0 Å². The lowest BCUT2D eigenvalue weighted by molar-refractivity contribution is 1.16. The minimum absolute atomic E-state index is 0.727. The molecule has 0 aliphatic carbocycles. The monoisotopic (exact) mass is 770 g/mol. The van der Waals surface area contributed by atoms with E-state index in [-0.39, 0.29) is 0 Å². The standard InChI is InChI=1S/C56H42N4/c1-35-9-7-11-42(29-35)51-34-50(57-56(58-51)43-12-8-10-36(2)30-43)41-19-17-39(18-20-41)40-21-23-44(24-22-40)59-52-14-6-5-13-46(52)49-33-45(25-28-55(49)59)60-53-26-15-37(3)31-47(53)48-32-38(4)16-27-54(48)60/h5-34H,1-4H3. The van der Waals surface area contributed by atoms with Crippen molar-refractivity contribution in [2.75, 3.05) is 0 Å². The van der Waals surface area contributed by atoms with Crippen LogP contribution in [0.3, 0.4) is 0 Å². The number of nitrogens with zero attached hydrogens (tertiary/aromatic N) is 4. The summed E-state index contributed by atoms with van der Waals surface area (Å²) in [4.78, 5) is 10.1. The molecule has 0 fully saturated rings. The van der Waals surface area contributed by atoms with Crippen molar-refractivity contribution in [3.05, 3.63) is 204 Å². The largest absolute Gasteiger partial charge is 0.309 e. The van der Waals surface area contributed by atoms with Crippen molar-refractivity contribution < 1.29 is 0 Å². The topological polar surface area (TPSA) is 35.6 Å². The lowest BCUT2D eigenvalue weighted by Crippen LogP contribution is -1.96. The molecule has 0 radical (unpaired) electrons. The van der Waals surface area contributed by atoms with Gasteiger partial charge in [-0.25, -0.2) is 9.97 Å². The summed E-state index contributed by atoms with van der Waals surface area (Å²) in [5.74, 6) is 0.727. The summed E-state index contributed by atoms with van der Waals surface area (Å²) in [6.45, 7) is 8.57. The Kier molecular flexibility index (Phi) is 8.35. The molecule has 286 valence electrons. The van der Waals surface area contributed by atoms with Crippen LogP contribution in [-0.4, -0.2) is 19.1 Å². The molecule has 0 bridgehead atoms. The predicted octanol–water partition coefficient (Wildman–Crippen LogP) is 14.6. The Morgan fingerprint density at radius 1 is 0.300 bits per heavy atom. The number of para-hydroxylation sites is 1. The van der Waals surface area contributed by atoms with Gasteiger partial charge in [-0.05, 0) is 118 Å². The van der Waals surface area contributed by atoms with Crippen molar-refractivity contribution in [2.45, 2.75) is 27.7 Å². The second-order valence-corrected chi connectivity index (χ2v) is 16.3. The van der Waals surface area contributed by atoms with Gasteiger partial charge in [-0.2, -0.15) is 0 Å². The van der Waals surface area contributed by atoms with E-state index in [0.717, 1.165) is 56.4 Å². The molecule has 8 aromatic carbocycles. The van der Waals surface area contributed by atoms with Crippen LogP contribution in [0.5, 0.6) is 0 Å². The number of aromatic nitrogens is 4. The van der Waals surface area contributed by atoms with E-state index < -0.39 is 0 Å². The fourth-order valence-corrected chi connectivity index (χ4v) is 9.00. The van der Waals surface area contributed by atoms with Crippen molar-refractivity contribution in [2.24, 2.45) is 0 Å². The summed E-state index contributed by atoms with van der Waals surface area (Å²) >= 11 is 0. The Morgan fingerprint density at radius 2 is 0.767 bits per heavy atom. The summed E-state index contributed by atoms with van der Waals surface area (Å²) in [6, 6.07) is 66.0. The van der Waals surface area contributed by atoms with Gasteiger partial charge in [0.05, 0.1) is 33.5 Å². The SMILES string of the molecule is Cc1cccc(-c2cc(-c3ccc(-c4ccc(-n5c6ccccc6c6cc(-n7c8ccc(C)cc8c8cc(C)ccc87)ccc65)cc4)cc3)nc(-c3cccc(C)c3)n2)c1. The normalized spacial score (nSPS) is 11.7. The van der Waals surface area contributed by atoms with Crippen LogP contribution in [0.15, 0.2) is 182 Å². The molecular weight excluding hydrogens is 729 g/mol. The highest BCUT2D eigenvalue weighted by Crippen LogP contribution is 2.38. The number of aryl methyl sites for hydroxylation is 4. The molecule has 0 amide bonds. The van der Waals surface area contributed by atoms with Crippen LogP contribution in [0.2, 0.25) is 0 Å². The molecule has 0 saturated heterocycles. The van der Waals surface area contributed by atoms with E-state index >= 15 is 0 Å². The summed E-state index contributed by atoms with van der Waals surface area (Å²) in [7, 11) is 0.